The molecule has 6 nitrogen and oxygen atoms in total. The van der Waals surface area contributed by atoms with E-state index >= 15 is 0 Å². The van der Waals surface area contributed by atoms with Crippen LogP contribution in [0.25, 0.3) is 11.1 Å². The Balaban J connectivity index is 1.26. The Morgan fingerprint density at radius 3 is 2.30 bits per heavy atom. The van der Waals surface area contributed by atoms with Crippen LogP contribution < -0.4 is 0 Å². The summed E-state index contributed by atoms with van der Waals surface area (Å²) < 4.78 is 7.50. The third-order valence-electron chi connectivity index (χ3n) is 6.31. The summed E-state index contributed by atoms with van der Waals surface area (Å²) in [4.78, 5) is 14.5. The molecule has 150 valence electrons. The Bertz CT molecular complexity index is 1060. The number of ether oxygens (including phenoxy) is 1. The van der Waals surface area contributed by atoms with E-state index < -0.39 is 5.54 Å². The van der Waals surface area contributed by atoms with Crippen molar-refractivity contribution in [2.24, 2.45) is 0 Å². The van der Waals surface area contributed by atoms with Gasteiger partial charge >= 0.3 is 6.09 Å². The number of fused-ring (bicyclic) bond motifs is 3. The molecule has 2 heterocycles. The first-order valence-electron chi connectivity index (χ1n) is 10.2. The maximum Gasteiger partial charge on any atom is 0.409 e. The number of piperidine rings is 1. The lowest BCUT2D eigenvalue weighted by atomic mass is 9.88. The van der Waals surface area contributed by atoms with Crippen LogP contribution in [-0.2, 0) is 10.3 Å². The van der Waals surface area contributed by atoms with Gasteiger partial charge in [-0.2, -0.15) is 0 Å². The van der Waals surface area contributed by atoms with Crippen molar-refractivity contribution in [3.05, 3.63) is 72.1 Å². The maximum atomic E-state index is 12.8. The first kappa shape index (κ1) is 18.4. The molecule has 2 aromatic carbocycles. The van der Waals surface area contributed by atoms with E-state index in [1.165, 1.54) is 22.3 Å². The molecular weight excluding hydrogens is 376 g/mol. The van der Waals surface area contributed by atoms with Gasteiger partial charge in [0.2, 0.25) is 0 Å². The van der Waals surface area contributed by atoms with Crippen molar-refractivity contribution in [1.82, 2.24) is 19.9 Å². The topological polar surface area (TPSA) is 60.2 Å². The van der Waals surface area contributed by atoms with Crippen LogP contribution in [0.5, 0.6) is 0 Å². The average molecular weight is 398 g/mol. The van der Waals surface area contributed by atoms with Gasteiger partial charge < -0.3 is 9.64 Å². The van der Waals surface area contributed by atoms with E-state index in [4.69, 9.17) is 11.2 Å². The minimum absolute atomic E-state index is 0.0612. The molecule has 1 saturated heterocycles. The predicted molar refractivity (Wildman–Crippen MR) is 113 cm³/mol. The van der Waals surface area contributed by atoms with Crippen LogP contribution in [0, 0.1) is 12.3 Å². The molecule has 0 N–H and O–H groups in total. The molecule has 1 aromatic heterocycles. The van der Waals surface area contributed by atoms with E-state index in [1.54, 1.807) is 22.0 Å². The molecule has 0 spiro atoms. The lowest BCUT2D eigenvalue weighted by Crippen LogP contribution is -2.48. The quantitative estimate of drug-likeness (QED) is 0.632. The monoisotopic (exact) mass is 398 g/mol. The van der Waals surface area contributed by atoms with Gasteiger partial charge in [0.15, 0.2) is 0 Å². The zero-order chi connectivity index (χ0) is 20.6. The molecule has 1 amide bonds. The Labute approximate surface area is 175 Å². The highest BCUT2D eigenvalue weighted by molar-refractivity contribution is 5.79. The smallest absolute Gasteiger partial charge is 0.409 e. The van der Waals surface area contributed by atoms with E-state index in [2.05, 4.69) is 40.5 Å². The zero-order valence-corrected chi connectivity index (χ0v) is 16.6. The second-order valence-corrected chi connectivity index (χ2v) is 7.81. The normalized spacial score (nSPS) is 17.1. The second kappa shape index (κ2) is 7.34. The van der Waals surface area contributed by atoms with Crippen LogP contribution in [-0.4, -0.2) is 45.7 Å². The summed E-state index contributed by atoms with van der Waals surface area (Å²) in [7, 11) is 0. The number of benzene rings is 2. The van der Waals surface area contributed by atoms with E-state index in [1.807, 2.05) is 24.3 Å². The Hall–Kier alpha value is -3.59. The van der Waals surface area contributed by atoms with Gasteiger partial charge in [0.05, 0.1) is 6.20 Å². The number of terminal acetylenes is 1. The molecule has 1 aliphatic heterocycles. The Morgan fingerprint density at radius 1 is 1.10 bits per heavy atom. The highest BCUT2D eigenvalue weighted by Gasteiger charge is 2.37. The summed E-state index contributed by atoms with van der Waals surface area (Å²) in [6.45, 7) is 1.38. The molecule has 0 atom stereocenters. The summed E-state index contributed by atoms with van der Waals surface area (Å²) in [5.74, 6) is 2.92. The van der Waals surface area contributed by atoms with Crippen LogP contribution in [0.4, 0.5) is 4.79 Å². The number of hydrogen-bond acceptors (Lipinski definition) is 4. The summed E-state index contributed by atoms with van der Waals surface area (Å²) in [6.07, 6.45) is 10.2. The van der Waals surface area contributed by atoms with Crippen molar-refractivity contribution in [1.29, 1.82) is 0 Å². The fourth-order valence-corrected chi connectivity index (χ4v) is 4.62. The third-order valence-corrected chi connectivity index (χ3v) is 6.31. The number of likely N-dealkylation sites (tertiary alicyclic amines) is 1. The molecule has 2 aliphatic rings. The SMILES string of the molecule is C#CC1(n2ccnn2)CCN(C(=O)OCC2c3ccccc3-c3ccccc32)CC1. The molecule has 5 rings (SSSR count). The fraction of sp³-hybridized carbons (Fsp3) is 0.292. The first-order valence-corrected chi connectivity index (χ1v) is 10.2. The standard InChI is InChI=1S/C24H22N4O2/c1-2-24(28-16-13-25-26-28)11-14-27(15-12-24)23(29)30-17-22-20-9-5-3-7-18(20)19-8-4-6-10-21(19)22/h1,3-10,13,16,22H,11-12,14-15,17H2. The van der Waals surface area contributed by atoms with Crippen molar-refractivity contribution in [3.63, 3.8) is 0 Å². The van der Waals surface area contributed by atoms with Gasteiger partial charge in [0, 0.05) is 38.0 Å². The third kappa shape index (κ3) is 2.94. The molecular formula is C24H22N4O2. The number of hydrogen-bond donors (Lipinski definition) is 0. The summed E-state index contributed by atoms with van der Waals surface area (Å²) in [6, 6.07) is 16.7. The zero-order valence-electron chi connectivity index (χ0n) is 16.6. The molecule has 6 heteroatoms. The maximum absolute atomic E-state index is 12.8. The molecule has 0 bridgehead atoms. The molecule has 0 saturated carbocycles. The lowest BCUT2D eigenvalue weighted by molar-refractivity contribution is 0.0762. The minimum Gasteiger partial charge on any atom is -0.448 e. The predicted octanol–water partition coefficient (Wildman–Crippen LogP) is 3.65. The number of rotatable bonds is 3. The van der Waals surface area contributed by atoms with Crippen molar-refractivity contribution in [3.8, 4) is 23.5 Å². The second-order valence-electron chi connectivity index (χ2n) is 7.81. The van der Waals surface area contributed by atoms with E-state index in [-0.39, 0.29) is 12.0 Å². The highest BCUT2D eigenvalue weighted by Crippen LogP contribution is 2.44. The first-order chi connectivity index (χ1) is 14.7. The molecule has 3 aromatic rings. The minimum atomic E-state index is -0.531. The van der Waals surface area contributed by atoms with Gasteiger partial charge in [0.25, 0.3) is 0 Å². The summed E-state index contributed by atoms with van der Waals surface area (Å²) in [5, 5.41) is 7.94. The van der Waals surface area contributed by atoms with Crippen molar-refractivity contribution in [2.75, 3.05) is 19.7 Å². The number of carbonyl (C=O) groups excluding carboxylic acids is 1. The van der Waals surface area contributed by atoms with E-state index in [9.17, 15) is 4.79 Å². The largest absolute Gasteiger partial charge is 0.448 e. The number of carbonyl (C=O) groups is 1. The van der Waals surface area contributed by atoms with Crippen LogP contribution in [0.1, 0.15) is 29.9 Å². The van der Waals surface area contributed by atoms with E-state index in [0.29, 0.717) is 32.5 Å². The van der Waals surface area contributed by atoms with Gasteiger partial charge in [-0.05, 0) is 22.3 Å². The van der Waals surface area contributed by atoms with Crippen LogP contribution in [0.2, 0.25) is 0 Å². The van der Waals surface area contributed by atoms with Gasteiger partial charge in [-0.3, -0.25) is 0 Å². The molecule has 30 heavy (non-hydrogen) atoms. The van der Waals surface area contributed by atoms with Gasteiger partial charge in [-0.1, -0.05) is 59.7 Å². The summed E-state index contributed by atoms with van der Waals surface area (Å²) >= 11 is 0. The number of amides is 1. The van der Waals surface area contributed by atoms with Crippen molar-refractivity contribution in [2.45, 2.75) is 24.3 Å². The number of aromatic nitrogens is 3. The average Bonchev–Trinajstić information content (AvgIpc) is 3.45. The van der Waals surface area contributed by atoms with Gasteiger partial charge in [-0.25, -0.2) is 9.48 Å². The summed E-state index contributed by atoms with van der Waals surface area (Å²) in [5.41, 5.74) is 4.33. The fourth-order valence-electron chi connectivity index (χ4n) is 4.62. The van der Waals surface area contributed by atoms with Crippen LogP contribution in [0.3, 0.4) is 0 Å². The molecule has 0 radical (unpaired) electrons. The van der Waals surface area contributed by atoms with Gasteiger partial charge in [-0.15, -0.1) is 11.5 Å². The van der Waals surface area contributed by atoms with Crippen LogP contribution in [0.15, 0.2) is 60.9 Å². The lowest BCUT2D eigenvalue weighted by Gasteiger charge is -2.37. The van der Waals surface area contributed by atoms with E-state index in [0.717, 1.165) is 0 Å². The van der Waals surface area contributed by atoms with Crippen LogP contribution >= 0.6 is 0 Å². The molecule has 0 unspecified atom stereocenters. The Kier molecular flexibility index (Phi) is 4.51. The molecule has 1 aliphatic carbocycles. The van der Waals surface area contributed by atoms with Crippen molar-refractivity contribution >= 4 is 6.09 Å². The Morgan fingerprint density at radius 2 is 1.73 bits per heavy atom. The van der Waals surface area contributed by atoms with Crippen molar-refractivity contribution < 1.29 is 9.53 Å². The van der Waals surface area contributed by atoms with Gasteiger partial charge in [0.1, 0.15) is 12.1 Å². The highest BCUT2D eigenvalue weighted by atomic mass is 16.6. The molecule has 1 fully saturated rings. The number of nitrogens with zero attached hydrogens (tertiary/aromatic N) is 4.